The Morgan fingerprint density at radius 3 is 2.29 bits per heavy atom. The molecule has 0 radical (unpaired) electrons. The number of ether oxygens (including phenoxy) is 1. The van der Waals surface area contributed by atoms with Gasteiger partial charge in [-0.3, -0.25) is 0 Å². The molecule has 0 fully saturated rings. The van der Waals surface area contributed by atoms with Gasteiger partial charge in [-0.2, -0.15) is 0 Å². The van der Waals surface area contributed by atoms with Crippen LogP contribution in [0.2, 0.25) is 0 Å². The molecule has 0 saturated heterocycles. The van der Waals surface area contributed by atoms with Crippen molar-refractivity contribution < 1.29 is 31.4 Å². The standard InChI is InChI=1S/C15H14F3NO4S/c1-19(2)24(21,22)14-5-3-4-10(8-14)11-6-12(20)9-13(7-11)23-15(16,17)18/h3-9,20H,1-2H3. The third-order valence-corrected chi connectivity index (χ3v) is 4.88. The van der Waals surface area contributed by atoms with Crippen LogP contribution in [-0.2, 0) is 10.0 Å². The average Bonchev–Trinajstić information content (AvgIpc) is 2.44. The number of rotatable bonds is 4. The molecule has 0 unspecified atom stereocenters. The maximum atomic E-state index is 12.3. The summed E-state index contributed by atoms with van der Waals surface area (Å²) in [6.45, 7) is 0. The Bertz CT molecular complexity index is 848. The van der Waals surface area contributed by atoms with E-state index >= 15 is 0 Å². The zero-order valence-corrected chi connectivity index (χ0v) is 13.5. The predicted octanol–water partition coefficient (Wildman–Crippen LogP) is 3.21. The third-order valence-electron chi connectivity index (χ3n) is 3.07. The van der Waals surface area contributed by atoms with E-state index in [-0.39, 0.29) is 10.5 Å². The molecule has 2 rings (SSSR count). The molecular weight excluding hydrogens is 347 g/mol. The number of hydrogen-bond acceptors (Lipinski definition) is 4. The maximum absolute atomic E-state index is 12.3. The van der Waals surface area contributed by atoms with E-state index in [1.165, 1.54) is 44.4 Å². The summed E-state index contributed by atoms with van der Waals surface area (Å²) in [4.78, 5) is -0.0216. The van der Waals surface area contributed by atoms with Gasteiger partial charge in [0, 0.05) is 20.2 Å². The van der Waals surface area contributed by atoms with Gasteiger partial charge in [0.1, 0.15) is 11.5 Å². The fraction of sp³-hybridized carbons (Fsp3) is 0.200. The Balaban J connectivity index is 2.50. The molecule has 0 heterocycles. The molecule has 0 aliphatic carbocycles. The second-order valence-corrected chi connectivity index (χ2v) is 7.23. The highest BCUT2D eigenvalue weighted by Crippen LogP contribution is 2.33. The van der Waals surface area contributed by atoms with Gasteiger partial charge in [-0.1, -0.05) is 12.1 Å². The molecule has 0 spiro atoms. The summed E-state index contributed by atoms with van der Waals surface area (Å²) >= 11 is 0. The number of hydrogen-bond donors (Lipinski definition) is 1. The summed E-state index contributed by atoms with van der Waals surface area (Å²) in [6.07, 6.45) is -4.90. The number of aromatic hydroxyl groups is 1. The van der Waals surface area contributed by atoms with Crippen molar-refractivity contribution >= 4 is 10.0 Å². The minimum Gasteiger partial charge on any atom is -0.508 e. The lowest BCUT2D eigenvalue weighted by molar-refractivity contribution is -0.274. The van der Waals surface area contributed by atoms with Crippen molar-refractivity contribution in [3.8, 4) is 22.6 Å². The number of phenols is 1. The number of sulfonamides is 1. The molecule has 2 aromatic rings. The van der Waals surface area contributed by atoms with Crippen molar-refractivity contribution in [2.45, 2.75) is 11.3 Å². The van der Waals surface area contributed by atoms with Crippen LogP contribution >= 0.6 is 0 Å². The fourth-order valence-corrected chi connectivity index (χ4v) is 2.94. The predicted molar refractivity (Wildman–Crippen MR) is 81.1 cm³/mol. The molecule has 1 N–H and O–H groups in total. The molecular formula is C15H14F3NO4S. The number of halogens is 3. The average molecular weight is 361 g/mol. The van der Waals surface area contributed by atoms with E-state index in [1.54, 1.807) is 0 Å². The van der Waals surface area contributed by atoms with Crippen molar-refractivity contribution in [2.24, 2.45) is 0 Å². The molecule has 24 heavy (non-hydrogen) atoms. The highest BCUT2D eigenvalue weighted by molar-refractivity contribution is 7.89. The Morgan fingerprint density at radius 1 is 1.04 bits per heavy atom. The van der Waals surface area contributed by atoms with E-state index < -0.39 is 27.9 Å². The molecule has 0 saturated carbocycles. The molecule has 0 aliphatic heterocycles. The van der Waals surface area contributed by atoms with Crippen molar-refractivity contribution in [2.75, 3.05) is 14.1 Å². The molecule has 0 aliphatic rings. The zero-order valence-electron chi connectivity index (χ0n) is 12.7. The fourth-order valence-electron chi connectivity index (χ4n) is 1.99. The zero-order chi connectivity index (χ0) is 18.1. The second kappa shape index (κ2) is 6.33. The molecule has 5 nitrogen and oxygen atoms in total. The first-order valence-corrected chi connectivity index (χ1v) is 8.06. The highest BCUT2D eigenvalue weighted by Gasteiger charge is 2.31. The highest BCUT2D eigenvalue weighted by atomic mass is 32.2. The SMILES string of the molecule is CN(C)S(=O)(=O)c1cccc(-c2cc(O)cc(OC(F)(F)F)c2)c1. The van der Waals surface area contributed by atoms with Crippen LogP contribution in [0.3, 0.4) is 0 Å². The van der Waals surface area contributed by atoms with Gasteiger partial charge in [0.2, 0.25) is 10.0 Å². The molecule has 0 amide bonds. The largest absolute Gasteiger partial charge is 0.573 e. The van der Waals surface area contributed by atoms with Crippen LogP contribution in [-0.4, -0.2) is 38.3 Å². The van der Waals surface area contributed by atoms with E-state index in [9.17, 15) is 26.7 Å². The van der Waals surface area contributed by atoms with E-state index in [4.69, 9.17) is 0 Å². The summed E-state index contributed by atoms with van der Waals surface area (Å²) in [7, 11) is -0.963. The van der Waals surface area contributed by atoms with Crippen LogP contribution in [0.25, 0.3) is 11.1 Å². The molecule has 0 aromatic heterocycles. The third kappa shape index (κ3) is 4.18. The first-order valence-electron chi connectivity index (χ1n) is 6.62. The molecule has 130 valence electrons. The number of benzene rings is 2. The van der Waals surface area contributed by atoms with Crippen molar-refractivity contribution in [3.63, 3.8) is 0 Å². The maximum Gasteiger partial charge on any atom is 0.573 e. The monoisotopic (exact) mass is 361 g/mol. The number of nitrogens with zero attached hydrogens (tertiary/aromatic N) is 1. The number of alkyl halides is 3. The van der Waals surface area contributed by atoms with E-state index in [0.717, 1.165) is 16.4 Å². The van der Waals surface area contributed by atoms with Crippen LogP contribution in [0.5, 0.6) is 11.5 Å². The van der Waals surface area contributed by atoms with E-state index in [2.05, 4.69) is 4.74 Å². The lowest BCUT2D eigenvalue weighted by atomic mass is 10.1. The van der Waals surface area contributed by atoms with Crippen LogP contribution in [0, 0.1) is 0 Å². The molecule has 9 heteroatoms. The Morgan fingerprint density at radius 2 is 1.71 bits per heavy atom. The van der Waals surface area contributed by atoms with Gasteiger partial charge < -0.3 is 9.84 Å². The lowest BCUT2D eigenvalue weighted by Crippen LogP contribution is -2.22. The van der Waals surface area contributed by atoms with Crippen LogP contribution in [0.15, 0.2) is 47.4 Å². The van der Waals surface area contributed by atoms with Crippen LogP contribution in [0.4, 0.5) is 13.2 Å². The van der Waals surface area contributed by atoms with E-state index in [0.29, 0.717) is 5.56 Å². The van der Waals surface area contributed by atoms with Crippen LogP contribution in [0.1, 0.15) is 0 Å². The van der Waals surface area contributed by atoms with Gasteiger partial charge in [-0.25, -0.2) is 12.7 Å². The summed E-state index contributed by atoms with van der Waals surface area (Å²) < 4.78 is 66.1. The lowest BCUT2D eigenvalue weighted by Gasteiger charge is -2.13. The first-order chi connectivity index (χ1) is 11.0. The molecule has 0 atom stereocenters. The van der Waals surface area contributed by atoms with Gasteiger partial charge in [0.05, 0.1) is 4.90 Å². The summed E-state index contributed by atoms with van der Waals surface area (Å²) in [5, 5.41) is 9.60. The first kappa shape index (κ1) is 18.1. The quantitative estimate of drug-likeness (QED) is 0.908. The number of phenolic OH excluding ortho intramolecular Hbond substituents is 1. The van der Waals surface area contributed by atoms with Gasteiger partial charge in [0.25, 0.3) is 0 Å². The van der Waals surface area contributed by atoms with Crippen molar-refractivity contribution in [3.05, 3.63) is 42.5 Å². The minimum absolute atomic E-state index is 0.0216. The van der Waals surface area contributed by atoms with Gasteiger partial charge in [-0.05, 0) is 35.4 Å². The summed E-state index contributed by atoms with van der Waals surface area (Å²) in [6, 6.07) is 8.74. The molecule has 0 bridgehead atoms. The molecule has 2 aromatic carbocycles. The van der Waals surface area contributed by atoms with Crippen LogP contribution < -0.4 is 4.74 Å². The van der Waals surface area contributed by atoms with Gasteiger partial charge >= 0.3 is 6.36 Å². The summed E-state index contributed by atoms with van der Waals surface area (Å²) in [5.41, 5.74) is 0.505. The Labute approximate surface area is 137 Å². The minimum atomic E-state index is -4.90. The Hall–Kier alpha value is -2.26. The Kier molecular flexibility index (Phi) is 4.77. The van der Waals surface area contributed by atoms with Crippen molar-refractivity contribution in [1.82, 2.24) is 4.31 Å². The normalized spacial score (nSPS) is 12.4. The van der Waals surface area contributed by atoms with Gasteiger partial charge in [-0.15, -0.1) is 13.2 Å². The smallest absolute Gasteiger partial charge is 0.508 e. The van der Waals surface area contributed by atoms with Crippen molar-refractivity contribution in [1.29, 1.82) is 0 Å². The van der Waals surface area contributed by atoms with Gasteiger partial charge in [0.15, 0.2) is 0 Å². The second-order valence-electron chi connectivity index (χ2n) is 5.08. The van der Waals surface area contributed by atoms with E-state index in [1.807, 2.05) is 0 Å². The topological polar surface area (TPSA) is 66.8 Å². The summed E-state index contributed by atoms with van der Waals surface area (Å²) in [5.74, 6) is -1.04.